The predicted molar refractivity (Wildman–Crippen MR) is 56.8 cm³/mol. The van der Waals surface area contributed by atoms with Crippen LogP contribution in [0.3, 0.4) is 0 Å². The Balaban J connectivity index is 2.17. The number of amides is 2. The molecule has 1 heterocycles. The van der Waals surface area contributed by atoms with Crippen LogP contribution in [0.5, 0.6) is 0 Å². The largest absolute Gasteiger partial charge is 0.465 e. The fraction of sp³-hybridized carbons (Fsp3) is 0.111. The van der Waals surface area contributed by atoms with Crippen LogP contribution in [0.25, 0.3) is 0 Å². The molecule has 1 saturated heterocycles. The van der Waals surface area contributed by atoms with E-state index in [2.05, 4.69) is 10.3 Å². The second-order valence-corrected chi connectivity index (χ2v) is 3.44. The molecule has 0 aromatic carbocycles. The number of allylic oxidation sites excluding steroid dienone is 2. The molecule has 1 aliphatic carbocycles. The van der Waals surface area contributed by atoms with Gasteiger partial charge in [0.2, 0.25) is 11.6 Å². The fourth-order valence-electron chi connectivity index (χ4n) is 1.24. The van der Waals surface area contributed by atoms with Crippen molar-refractivity contribution in [3.05, 3.63) is 23.5 Å². The second-order valence-electron chi connectivity index (χ2n) is 3.44. The molecule has 0 aromatic rings. The average Bonchev–Trinajstić information content (AvgIpc) is 3.11. The normalized spacial score (nSPS) is 21.2. The van der Waals surface area contributed by atoms with Crippen LogP contribution in [-0.2, 0) is 14.4 Å². The number of carboxylic acid groups (broad SMARTS) is 1. The first-order valence-corrected chi connectivity index (χ1v) is 4.98. The predicted octanol–water partition coefficient (Wildman–Crippen LogP) is -1.41. The van der Waals surface area contributed by atoms with Gasteiger partial charge in [0, 0.05) is 0 Å². The summed E-state index contributed by atoms with van der Waals surface area (Å²) in [5, 5.41) is 13.4. The fourth-order valence-corrected chi connectivity index (χ4v) is 1.24. The van der Waals surface area contributed by atoms with Gasteiger partial charge in [-0.3, -0.25) is 20.2 Å². The number of nitrogens with zero attached hydrogens (tertiary/aromatic N) is 1. The molecule has 1 fully saturated rings. The van der Waals surface area contributed by atoms with Gasteiger partial charge in [-0.15, -0.1) is 0 Å². The lowest BCUT2D eigenvalue weighted by atomic mass is 10.1. The Morgan fingerprint density at radius 2 is 1.74 bits per heavy atom. The topological polar surface area (TPSA) is 147 Å². The van der Waals surface area contributed by atoms with Crippen molar-refractivity contribution in [2.24, 2.45) is 0 Å². The van der Waals surface area contributed by atoms with Crippen LogP contribution in [0.1, 0.15) is 0 Å². The van der Waals surface area contributed by atoms with Crippen LogP contribution in [0, 0.1) is 0 Å². The van der Waals surface area contributed by atoms with Crippen LogP contribution >= 0.6 is 0 Å². The molecular formula is C9H8N4O6. The average molecular weight is 268 g/mol. The summed E-state index contributed by atoms with van der Waals surface area (Å²) in [7, 11) is 0. The minimum Gasteiger partial charge on any atom is -0.465 e. The quantitative estimate of drug-likeness (QED) is 0.360. The summed E-state index contributed by atoms with van der Waals surface area (Å²) in [6, 6.07) is 0. The lowest BCUT2D eigenvalue weighted by molar-refractivity contribution is -0.115. The molecule has 0 aromatic heterocycles. The van der Waals surface area contributed by atoms with Crippen molar-refractivity contribution in [3.63, 3.8) is 0 Å². The molecule has 0 saturated carbocycles. The van der Waals surface area contributed by atoms with Gasteiger partial charge in [-0.1, -0.05) is 5.17 Å². The van der Waals surface area contributed by atoms with Crippen molar-refractivity contribution in [1.29, 1.82) is 0 Å². The molecular weight excluding hydrogens is 260 g/mol. The van der Waals surface area contributed by atoms with Gasteiger partial charge in [0.05, 0.1) is 0 Å². The van der Waals surface area contributed by atoms with Gasteiger partial charge in [-0.25, -0.2) is 15.0 Å². The van der Waals surface area contributed by atoms with E-state index in [0.29, 0.717) is 6.67 Å². The van der Waals surface area contributed by atoms with E-state index in [1.165, 1.54) is 0 Å². The molecule has 1 atom stereocenters. The Morgan fingerprint density at radius 1 is 1.21 bits per heavy atom. The first kappa shape index (κ1) is 12.7. The maximum absolute atomic E-state index is 11.5. The van der Waals surface area contributed by atoms with Gasteiger partial charge in [0.1, 0.15) is 18.1 Å². The van der Waals surface area contributed by atoms with Crippen molar-refractivity contribution < 1.29 is 29.1 Å². The van der Waals surface area contributed by atoms with Crippen molar-refractivity contribution >= 4 is 23.8 Å². The molecule has 10 nitrogen and oxygen atoms in total. The van der Waals surface area contributed by atoms with E-state index >= 15 is 0 Å². The minimum absolute atomic E-state index is 0.333. The molecule has 1 aliphatic heterocycles. The smallest absolute Gasteiger partial charge is 0.432 e. The zero-order valence-electron chi connectivity index (χ0n) is 9.30. The van der Waals surface area contributed by atoms with E-state index in [4.69, 9.17) is 5.11 Å². The monoisotopic (exact) mass is 268 g/mol. The van der Waals surface area contributed by atoms with E-state index in [-0.39, 0.29) is 0 Å². The lowest BCUT2D eigenvalue weighted by Crippen LogP contribution is -2.38. The molecule has 2 amide bonds. The molecule has 1 unspecified atom stereocenters. The summed E-state index contributed by atoms with van der Waals surface area (Å²) in [5.74, 6) is -1.47. The summed E-state index contributed by atoms with van der Waals surface area (Å²) in [5.41, 5.74) is 1.51. The van der Waals surface area contributed by atoms with Gasteiger partial charge in [0.15, 0.2) is 0 Å². The van der Waals surface area contributed by atoms with Gasteiger partial charge in [-0.2, -0.15) is 0 Å². The van der Waals surface area contributed by atoms with Crippen molar-refractivity contribution in [2.75, 3.05) is 6.67 Å². The number of carbonyl (C=O) groups is 4. The SMILES string of the molecule is O=C(O)NC1=C(NC(=O)ON2CN2)C(=O)C=CC1=O. The maximum Gasteiger partial charge on any atom is 0.432 e. The van der Waals surface area contributed by atoms with Crippen LogP contribution in [0.15, 0.2) is 23.5 Å². The highest BCUT2D eigenvalue weighted by atomic mass is 16.8. The highest BCUT2D eigenvalue weighted by molar-refractivity contribution is 6.21. The zero-order valence-corrected chi connectivity index (χ0v) is 9.30. The van der Waals surface area contributed by atoms with E-state index in [0.717, 1.165) is 17.3 Å². The highest BCUT2D eigenvalue weighted by Crippen LogP contribution is 2.10. The molecule has 0 spiro atoms. The number of hydrazine groups is 1. The summed E-state index contributed by atoms with van der Waals surface area (Å²) >= 11 is 0. The molecule has 100 valence electrons. The summed E-state index contributed by atoms with van der Waals surface area (Å²) < 4.78 is 0. The van der Waals surface area contributed by atoms with Crippen LogP contribution < -0.4 is 16.1 Å². The van der Waals surface area contributed by atoms with Crippen LogP contribution in [-0.4, -0.2) is 40.7 Å². The second kappa shape index (κ2) is 4.88. The van der Waals surface area contributed by atoms with Crippen molar-refractivity contribution in [2.45, 2.75) is 0 Å². The first-order valence-electron chi connectivity index (χ1n) is 4.98. The Hall–Kier alpha value is -2.72. The van der Waals surface area contributed by atoms with E-state index < -0.39 is 35.1 Å². The number of ketones is 2. The molecule has 2 aliphatic rings. The number of hydroxylamine groups is 1. The van der Waals surface area contributed by atoms with Gasteiger partial charge in [0.25, 0.3) is 0 Å². The molecule has 4 N–H and O–H groups in total. The number of nitrogens with one attached hydrogen (secondary N) is 3. The molecule has 2 rings (SSSR count). The minimum atomic E-state index is -1.54. The van der Waals surface area contributed by atoms with Gasteiger partial charge in [-0.05, 0) is 12.2 Å². The van der Waals surface area contributed by atoms with Crippen LogP contribution in [0.4, 0.5) is 9.59 Å². The summed E-state index contributed by atoms with van der Waals surface area (Å²) in [6.07, 6.45) is -0.746. The van der Waals surface area contributed by atoms with E-state index in [1.807, 2.05) is 5.32 Å². The highest BCUT2D eigenvalue weighted by Gasteiger charge is 2.28. The Labute approximate surface area is 105 Å². The third kappa shape index (κ3) is 3.14. The van der Waals surface area contributed by atoms with Crippen molar-refractivity contribution in [3.8, 4) is 0 Å². The Bertz CT molecular complexity index is 533. The molecule has 0 radical (unpaired) electrons. The molecule has 0 bridgehead atoms. The van der Waals surface area contributed by atoms with Crippen LogP contribution in [0.2, 0.25) is 0 Å². The van der Waals surface area contributed by atoms with Gasteiger partial charge >= 0.3 is 12.2 Å². The maximum atomic E-state index is 11.5. The third-order valence-electron chi connectivity index (χ3n) is 2.07. The number of hydrogen-bond donors (Lipinski definition) is 4. The number of carbonyl (C=O) groups excluding carboxylic acids is 3. The van der Waals surface area contributed by atoms with E-state index in [9.17, 15) is 19.2 Å². The lowest BCUT2D eigenvalue weighted by Gasteiger charge is -2.14. The number of hydrogen-bond acceptors (Lipinski definition) is 7. The summed E-state index contributed by atoms with van der Waals surface area (Å²) in [6.45, 7) is 0.333. The third-order valence-corrected chi connectivity index (χ3v) is 2.07. The van der Waals surface area contributed by atoms with Crippen molar-refractivity contribution in [1.82, 2.24) is 21.2 Å². The first-order chi connectivity index (χ1) is 8.97. The van der Waals surface area contributed by atoms with Gasteiger partial charge < -0.3 is 9.94 Å². The van der Waals surface area contributed by atoms with E-state index in [1.54, 1.807) is 5.32 Å². The summed E-state index contributed by atoms with van der Waals surface area (Å²) in [4.78, 5) is 49.5. The molecule has 10 heteroatoms. The molecule has 19 heavy (non-hydrogen) atoms. The number of rotatable bonds is 3. The standard InChI is InChI=1S/C9H8N4O6/c14-4-1-2-5(15)7(6(4)11-8(16)17)12-9(18)19-13-3-10-13/h1-2,10-11H,3H2,(H,12,18)(H,16,17). The zero-order chi connectivity index (χ0) is 14.0. The Kier molecular flexibility index (Phi) is 3.27. The Morgan fingerprint density at radius 3 is 2.21 bits per heavy atom.